The van der Waals surface area contributed by atoms with Gasteiger partial charge in [-0.25, -0.2) is 0 Å². The number of nitrogens with two attached hydrogens (primary N) is 1. The van der Waals surface area contributed by atoms with E-state index in [1.54, 1.807) is 22.7 Å². The highest BCUT2D eigenvalue weighted by molar-refractivity contribution is 7.10. The lowest BCUT2D eigenvalue weighted by molar-refractivity contribution is 0.230. The summed E-state index contributed by atoms with van der Waals surface area (Å²) in [6.45, 7) is 2.32. The lowest BCUT2D eigenvalue weighted by atomic mass is 9.83. The molecule has 1 unspecified atom stereocenters. The molecule has 0 bridgehead atoms. The van der Waals surface area contributed by atoms with Crippen molar-refractivity contribution in [2.75, 3.05) is 13.1 Å². The van der Waals surface area contributed by atoms with Gasteiger partial charge >= 0.3 is 0 Å². The Morgan fingerprint density at radius 2 is 1.87 bits per heavy atom. The van der Waals surface area contributed by atoms with Crippen LogP contribution in [0.1, 0.15) is 21.2 Å². The maximum Gasteiger partial charge on any atom is 0.205 e. The monoisotopic (exact) mass is 443 g/mol. The Morgan fingerprint density at radius 3 is 2.58 bits per heavy atom. The summed E-state index contributed by atoms with van der Waals surface area (Å²) in [4.78, 5) is 4.70. The number of allylic oxidation sites excluding steroid dienone is 1. The fourth-order valence-corrected chi connectivity index (χ4v) is 5.77. The van der Waals surface area contributed by atoms with E-state index in [2.05, 4.69) is 64.9 Å². The molecule has 2 aliphatic rings. The molecule has 2 aromatic heterocycles. The first-order valence-corrected chi connectivity index (χ1v) is 11.8. The third-order valence-electron chi connectivity index (χ3n) is 5.54. The summed E-state index contributed by atoms with van der Waals surface area (Å²) < 4.78 is 6.11. The van der Waals surface area contributed by atoms with Gasteiger partial charge in [-0.05, 0) is 34.5 Å². The molecule has 6 heteroatoms. The van der Waals surface area contributed by atoms with Crippen LogP contribution in [0.15, 0.2) is 93.7 Å². The fraction of sp³-hybridized carbons (Fsp3) is 0.160. The van der Waals surface area contributed by atoms with Crippen molar-refractivity contribution in [1.29, 1.82) is 5.26 Å². The fourth-order valence-electron chi connectivity index (χ4n) is 4.22. The average molecular weight is 444 g/mol. The third kappa shape index (κ3) is 3.96. The van der Waals surface area contributed by atoms with Crippen molar-refractivity contribution in [3.63, 3.8) is 0 Å². The van der Waals surface area contributed by atoms with Crippen LogP contribution in [-0.4, -0.2) is 18.0 Å². The Bertz CT molecular complexity index is 1200. The predicted octanol–water partition coefficient (Wildman–Crippen LogP) is 5.47. The van der Waals surface area contributed by atoms with E-state index in [4.69, 9.17) is 10.5 Å². The minimum atomic E-state index is -0.168. The van der Waals surface area contributed by atoms with Gasteiger partial charge in [-0.3, -0.25) is 4.90 Å². The first-order valence-electron chi connectivity index (χ1n) is 10.1. The lowest BCUT2D eigenvalue weighted by Gasteiger charge is -2.38. The number of benzene rings is 1. The van der Waals surface area contributed by atoms with E-state index in [-0.39, 0.29) is 11.8 Å². The molecule has 0 aliphatic carbocycles. The van der Waals surface area contributed by atoms with E-state index in [0.29, 0.717) is 5.57 Å². The number of ether oxygens (including phenoxy) is 1. The van der Waals surface area contributed by atoms with Crippen LogP contribution in [0, 0.1) is 11.3 Å². The topological polar surface area (TPSA) is 62.3 Å². The van der Waals surface area contributed by atoms with Gasteiger partial charge in [0.2, 0.25) is 5.88 Å². The van der Waals surface area contributed by atoms with Crippen molar-refractivity contribution in [1.82, 2.24) is 4.90 Å². The second-order valence-corrected chi connectivity index (χ2v) is 9.57. The summed E-state index contributed by atoms with van der Waals surface area (Å²) in [6, 6.07) is 21.1. The lowest BCUT2D eigenvalue weighted by Crippen LogP contribution is -2.37. The van der Waals surface area contributed by atoms with Gasteiger partial charge < -0.3 is 10.5 Å². The summed E-state index contributed by atoms with van der Waals surface area (Å²) in [5, 5.41) is 14.0. The molecule has 1 aromatic carbocycles. The molecular formula is C25H21N3OS2. The van der Waals surface area contributed by atoms with Gasteiger partial charge in [0.1, 0.15) is 17.4 Å². The van der Waals surface area contributed by atoms with E-state index in [9.17, 15) is 5.26 Å². The first kappa shape index (κ1) is 19.8. The SMILES string of the molecule is N#CC1=C(N)OC2=C(CN(Cc3ccccc3)C/C2=C\c2cccs2)C1c1cccs1. The molecule has 31 heavy (non-hydrogen) atoms. The van der Waals surface area contributed by atoms with Crippen molar-refractivity contribution < 1.29 is 4.74 Å². The Kier molecular flexibility index (Phi) is 5.47. The molecule has 3 aromatic rings. The summed E-state index contributed by atoms with van der Waals surface area (Å²) in [5.74, 6) is 0.875. The van der Waals surface area contributed by atoms with Gasteiger partial charge in [0.05, 0.1) is 5.92 Å². The second kappa shape index (κ2) is 8.56. The molecule has 0 saturated carbocycles. The number of thiophene rings is 2. The van der Waals surface area contributed by atoms with Gasteiger partial charge in [0, 0.05) is 40.5 Å². The van der Waals surface area contributed by atoms with Crippen LogP contribution >= 0.6 is 22.7 Å². The molecule has 2 aliphatic heterocycles. The molecule has 5 rings (SSSR count). The zero-order chi connectivity index (χ0) is 21.2. The number of hydrogen-bond acceptors (Lipinski definition) is 6. The summed E-state index contributed by atoms with van der Waals surface area (Å²) >= 11 is 3.35. The number of hydrogen-bond donors (Lipinski definition) is 1. The maximum atomic E-state index is 9.88. The van der Waals surface area contributed by atoms with Crippen LogP contribution in [0.2, 0.25) is 0 Å². The summed E-state index contributed by atoms with van der Waals surface area (Å²) in [7, 11) is 0. The van der Waals surface area contributed by atoms with Crippen LogP contribution in [0.25, 0.3) is 6.08 Å². The number of rotatable bonds is 4. The van der Waals surface area contributed by atoms with E-state index < -0.39 is 0 Å². The molecule has 0 fully saturated rings. The molecule has 0 spiro atoms. The van der Waals surface area contributed by atoms with Gasteiger partial charge in [0.25, 0.3) is 0 Å². The predicted molar refractivity (Wildman–Crippen MR) is 126 cm³/mol. The molecule has 0 radical (unpaired) electrons. The Labute approximate surface area is 189 Å². The molecule has 0 saturated heterocycles. The zero-order valence-corrected chi connectivity index (χ0v) is 18.5. The van der Waals surface area contributed by atoms with E-state index in [1.807, 2.05) is 17.5 Å². The summed E-state index contributed by atoms with van der Waals surface area (Å²) in [5.41, 5.74) is 10.2. The van der Waals surface area contributed by atoms with Gasteiger partial charge in [-0.15, -0.1) is 22.7 Å². The molecule has 2 N–H and O–H groups in total. The van der Waals surface area contributed by atoms with E-state index >= 15 is 0 Å². The van der Waals surface area contributed by atoms with Crippen molar-refractivity contribution in [2.45, 2.75) is 12.5 Å². The standard InChI is InChI=1S/C25H21N3OS2/c26-13-20-23(22-9-5-11-31-22)21-16-28(14-17-6-2-1-3-7-17)15-18(24(21)29-25(20)27)12-19-8-4-10-30-19/h1-12,23H,14-16,27H2/b18-12+. The third-order valence-corrected chi connectivity index (χ3v) is 7.30. The molecule has 154 valence electrons. The Hall–Kier alpha value is -3.11. The summed E-state index contributed by atoms with van der Waals surface area (Å²) in [6.07, 6.45) is 2.19. The second-order valence-electron chi connectivity index (χ2n) is 7.61. The highest BCUT2D eigenvalue weighted by Gasteiger charge is 2.38. The van der Waals surface area contributed by atoms with Crippen molar-refractivity contribution in [3.05, 3.63) is 109 Å². The van der Waals surface area contributed by atoms with Crippen LogP contribution in [-0.2, 0) is 11.3 Å². The normalized spacial score (nSPS) is 20.5. The molecule has 0 amide bonds. The average Bonchev–Trinajstić information content (AvgIpc) is 3.48. The van der Waals surface area contributed by atoms with Crippen molar-refractivity contribution >= 4 is 28.7 Å². The van der Waals surface area contributed by atoms with Crippen LogP contribution in [0.4, 0.5) is 0 Å². The molecule has 1 atom stereocenters. The van der Waals surface area contributed by atoms with Gasteiger partial charge in [-0.2, -0.15) is 5.26 Å². The van der Waals surface area contributed by atoms with Crippen molar-refractivity contribution in [2.24, 2.45) is 5.73 Å². The van der Waals surface area contributed by atoms with Crippen LogP contribution < -0.4 is 5.73 Å². The highest BCUT2D eigenvalue weighted by Crippen LogP contribution is 2.45. The molecule has 4 nitrogen and oxygen atoms in total. The number of nitrogens with zero attached hydrogens (tertiary/aromatic N) is 2. The van der Waals surface area contributed by atoms with Gasteiger partial charge in [-0.1, -0.05) is 42.5 Å². The quantitative estimate of drug-likeness (QED) is 0.581. The first-order chi connectivity index (χ1) is 15.2. The zero-order valence-electron chi connectivity index (χ0n) is 16.8. The Balaban J connectivity index is 1.60. The smallest absolute Gasteiger partial charge is 0.205 e. The van der Waals surface area contributed by atoms with Crippen molar-refractivity contribution in [3.8, 4) is 6.07 Å². The Morgan fingerprint density at radius 1 is 1.06 bits per heavy atom. The maximum absolute atomic E-state index is 9.88. The van der Waals surface area contributed by atoms with Crippen LogP contribution in [0.5, 0.6) is 0 Å². The number of nitriles is 1. The minimum absolute atomic E-state index is 0.168. The largest absolute Gasteiger partial charge is 0.440 e. The minimum Gasteiger partial charge on any atom is -0.440 e. The van der Waals surface area contributed by atoms with Crippen LogP contribution in [0.3, 0.4) is 0 Å². The van der Waals surface area contributed by atoms with Gasteiger partial charge in [0.15, 0.2) is 0 Å². The highest BCUT2D eigenvalue weighted by atomic mass is 32.1. The molecule has 4 heterocycles. The van der Waals surface area contributed by atoms with E-state index in [0.717, 1.165) is 41.4 Å². The molecular weight excluding hydrogens is 422 g/mol. The van der Waals surface area contributed by atoms with E-state index in [1.165, 1.54) is 10.4 Å².